The summed E-state index contributed by atoms with van der Waals surface area (Å²) in [5.74, 6) is 0.736. The van der Waals surface area contributed by atoms with Crippen molar-refractivity contribution in [3.8, 4) is 11.8 Å². The molecule has 1 atom stereocenters. The largest absolute Gasteiger partial charge is 0.494 e. The van der Waals surface area contributed by atoms with Crippen LogP contribution >= 0.6 is 0 Å². The molecular weight excluding hydrogens is 232 g/mol. The van der Waals surface area contributed by atoms with Gasteiger partial charge in [0.1, 0.15) is 11.8 Å². The topological polar surface area (TPSA) is 62.6 Å². The van der Waals surface area contributed by atoms with Gasteiger partial charge in [-0.25, -0.2) is 4.79 Å². The average molecular weight is 246 g/mol. The van der Waals surface area contributed by atoms with Crippen molar-refractivity contribution in [1.82, 2.24) is 0 Å². The molecule has 0 N–H and O–H groups in total. The number of amides is 1. The van der Waals surface area contributed by atoms with Crippen LogP contribution in [0.5, 0.6) is 5.75 Å². The highest BCUT2D eigenvalue weighted by Gasteiger charge is 2.30. The lowest BCUT2D eigenvalue weighted by molar-refractivity contribution is 0.134. The van der Waals surface area contributed by atoms with Gasteiger partial charge in [-0.15, -0.1) is 0 Å². The van der Waals surface area contributed by atoms with Crippen LogP contribution in [-0.2, 0) is 4.74 Å². The Kier molecular flexibility index (Phi) is 3.68. The van der Waals surface area contributed by atoms with Gasteiger partial charge in [0.15, 0.2) is 0 Å². The van der Waals surface area contributed by atoms with Gasteiger partial charge >= 0.3 is 6.09 Å². The third kappa shape index (κ3) is 2.38. The fourth-order valence-electron chi connectivity index (χ4n) is 1.86. The number of nitriles is 1. The summed E-state index contributed by atoms with van der Waals surface area (Å²) < 4.78 is 10.3. The molecule has 1 saturated heterocycles. The van der Waals surface area contributed by atoms with Crippen LogP contribution in [0, 0.1) is 11.3 Å². The molecule has 0 radical (unpaired) electrons. The van der Waals surface area contributed by atoms with Crippen molar-refractivity contribution >= 4 is 11.8 Å². The molecule has 0 bridgehead atoms. The highest BCUT2D eigenvalue weighted by Crippen LogP contribution is 2.25. The first-order valence-electron chi connectivity index (χ1n) is 5.84. The molecule has 94 valence electrons. The Morgan fingerprint density at radius 2 is 2.22 bits per heavy atom. The lowest BCUT2D eigenvalue weighted by Crippen LogP contribution is -2.45. The van der Waals surface area contributed by atoms with Gasteiger partial charge in [-0.1, -0.05) is 0 Å². The maximum absolute atomic E-state index is 11.7. The van der Waals surface area contributed by atoms with Crippen LogP contribution in [0.4, 0.5) is 10.5 Å². The summed E-state index contributed by atoms with van der Waals surface area (Å²) in [5.41, 5.74) is 0.648. The third-order valence-electron chi connectivity index (χ3n) is 2.70. The average Bonchev–Trinajstić information content (AvgIpc) is 2.40. The molecule has 1 aromatic rings. The van der Waals surface area contributed by atoms with E-state index < -0.39 is 12.1 Å². The summed E-state index contributed by atoms with van der Waals surface area (Å²) in [6, 6.07) is 8.70. The van der Waals surface area contributed by atoms with E-state index in [0.717, 1.165) is 5.75 Å². The Morgan fingerprint density at radius 1 is 1.50 bits per heavy atom. The van der Waals surface area contributed by atoms with Crippen molar-refractivity contribution in [2.45, 2.75) is 19.4 Å². The van der Waals surface area contributed by atoms with Crippen LogP contribution in [-0.4, -0.2) is 25.3 Å². The predicted molar refractivity (Wildman–Crippen MR) is 65.5 cm³/mol. The van der Waals surface area contributed by atoms with E-state index in [0.29, 0.717) is 25.3 Å². The number of carbonyl (C=O) groups excluding carboxylic acids is 1. The Hall–Kier alpha value is -2.22. The van der Waals surface area contributed by atoms with Gasteiger partial charge in [0, 0.05) is 12.1 Å². The first kappa shape index (κ1) is 12.2. The van der Waals surface area contributed by atoms with Gasteiger partial charge in [0.05, 0.1) is 19.3 Å². The molecular formula is C13H14N2O3. The number of benzene rings is 1. The van der Waals surface area contributed by atoms with E-state index >= 15 is 0 Å². The molecule has 18 heavy (non-hydrogen) atoms. The van der Waals surface area contributed by atoms with Gasteiger partial charge in [0.2, 0.25) is 0 Å². The van der Waals surface area contributed by atoms with Crippen LogP contribution in [0.3, 0.4) is 0 Å². The molecule has 1 aromatic carbocycles. The Labute approximate surface area is 106 Å². The molecule has 1 amide bonds. The molecule has 1 unspecified atom stereocenters. The van der Waals surface area contributed by atoms with Gasteiger partial charge in [-0.2, -0.15) is 5.26 Å². The molecule has 0 aromatic heterocycles. The number of carbonyl (C=O) groups is 1. The monoisotopic (exact) mass is 246 g/mol. The van der Waals surface area contributed by atoms with Gasteiger partial charge in [0.25, 0.3) is 0 Å². The van der Waals surface area contributed by atoms with Gasteiger partial charge in [-0.05, 0) is 31.2 Å². The Bertz CT molecular complexity index is 464. The summed E-state index contributed by atoms with van der Waals surface area (Å²) in [5, 5.41) is 9.06. The number of hydrogen-bond donors (Lipinski definition) is 0. The second kappa shape index (κ2) is 5.41. The van der Waals surface area contributed by atoms with Crippen LogP contribution in [0.25, 0.3) is 0 Å². The van der Waals surface area contributed by atoms with E-state index in [4.69, 9.17) is 14.7 Å². The number of ether oxygens (including phenoxy) is 2. The first-order chi connectivity index (χ1) is 8.76. The molecule has 1 aliphatic rings. The van der Waals surface area contributed by atoms with Crippen molar-refractivity contribution in [3.05, 3.63) is 24.3 Å². The molecule has 5 nitrogen and oxygen atoms in total. The second-order valence-electron chi connectivity index (χ2n) is 3.84. The van der Waals surface area contributed by atoms with Gasteiger partial charge < -0.3 is 9.47 Å². The van der Waals surface area contributed by atoms with E-state index in [1.54, 1.807) is 24.3 Å². The van der Waals surface area contributed by atoms with Crippen molar-refractivity contribution in [2.75, 3.05) is 18.1 Å². The van der Waals surface area contributed by atoms with Crippen molar-refractivity contribution in [2.24, 2.45) is 0 Å². The van der Waals surface area contributed by atoms with Crippen LogP contribution < -0.4 is 9.64 Å². The van der Waals surface area contributed by atoms with Crippen LogP contribution in [0.15, 0.2) is 24.3 Å². The molecule has 0 aliphatic carbocycles. The highest BCUT2D eigenvalue weighted by molar-refractivity contribution is 5.89. The molecule has 0 spiro atoms. The summed E-state index contributed by atoms with van der Waals surface area (Å²) >= 11 is 0. The van der Waals surface area contributed by atoms with Crippen LogP contribution in [0.2, 0.25) is 0 Å². The fourth-order valence-corrected chi connectivity index (χ4v) is 1.86. The lowest BCUT2D eigenvalue weighted by atomic mass is 10.1. The molecule has 1 aliphatic heterocycles. The standard InChI is InChI=1S/C13H14N2O3/c1-2-17-12-5-3-10(4-6-12)15-11(9-14)7-8-18-13(15)16/h3-6,11H,2,7-8H2,1H3. The van der Waals surface area contributed by atoms with E-state index in [2.05, 4.69) is 6.07 Å². The summed E-state index contributed by atoms with van der Waals surface area (Å²) in [7, 11) is 0. The van der Waals surface area contributed by atoms with Crippen molar-refractivity contribution in [1.29, 1.82) is 5.26 Å². The zero-order chi connectivity index (χ0) is 13.0. The minimum absolute atomic E-state index is 0.296. The Morgan fingerprint density at radius 3 is 2.83 bits per heavy atom. The van der Waals surface area contributed by atoms with Crippen LogP contribution in [0.1, 0.15) is 13.3 Å². The Balaban J connectivity index is 2.23. The maximum Gasteiger partial charge on any atom is 0.415 e. The summed E-state index contributed by atoms with van der Waals surface area (Å²) in [6.45, 7) is 2.79. The molecule has 5 heteroatoms. The SMILES string of the molecule is CCOc1ccc(N2C(=O)OCCC2C#N)cc1. The quantitative estimate of drug-likeness (QED) is 0.821. The number of rotatable bonds is 3. The minimum Gasteiger partial charge on any atom is -0.494 e. The maximum atomic E-state index is 11.7. The summed E-state index contributed by atoms with van der Waals surface area (Å²) in [4.78, 5) is 13.1. The smallest absolute Gasteiger partial charge is 0.415 e. The van der Waals surface area contributed by atoms with Crippen molar-refractivity contribution < 1.29 is 14.3 Å². The van der Waals surface area contributed by atoms with E-state index in [1.807, 2.05) is 6.92 Å². The van der Waals surface area contributed by atoms with Gasteiger partial charge in [-0.3, -0.25) is 4.90 Å². The zero-order valence-electron chi connectivity index (χ0n) is 10.1. The molecule has 0 saturated carbocycles. The molecule has 1 fully saturated rings. The number of anilines is 1. The van der Waals surface area contributed by atoms with E-state index in [-0.39, 0.29) is 0 Å². The fraction of sp³-hybridized carbons (Fsp3) is 0.385. The van der Waals surface area contributed by atoms with E-state index in [1.165, 1.54) is 4.90 Å². The zero-order valence-corrected chi connectivity index (χ0v) is 10.1. The minimum atomic E-state index is -0.475. The van der Waals surface area contributed by atoms with E-state index in [9.17, 15) is 4.79 Å². The predicted octanol–water partition coefficient (Wildman–Crippen LogP) is 2.32. The third-order valence-corrected chi connectivity index (χ3v) is 2.70. The first-order valence-corrected chi connectivity index (χ1v) is 5.84. The molecule has 2 rings (SSSR count). The summed E-state index contributed by atoms with van der Waals surface area (Å²) in [6.07, 6.45) is 0.0482. The second-order valence-corrected chi connectivity index (χ2v) is 3.84. The number of nitrogens with zero attached hydrogens (tertiary/aromatic N) is 2. The normalized spacial score (nSPS) is 19.0. The molecule has 1 heterocycles. The van der Waals surface area contributed by atoms with Crippen molar-refractivity contribution in [3.63, 3.8) is 0 Å². The highest BCUT2D eigenvalue weighted by atomic mass is 16.6. The number of hydrogen-bond acceptors (Lipinski definition) is 4. The number of cyclic esters (lactones) is 1. The lowest BCUT2D eigenvalue weighted by Gasteiger charge is -2.30.